The van der Waals surface area contributed by atoms with Crippen molar-refractivity contribution in [2.24, 2.45) is 5.92 Å². The van der Waals surface area contributed by atoms with Gasteiger partial charge in [0.25, 0.3) is 0 Å². The van der Waals surface area contributed by atoms with Crippen LogP contribution in [0.4, 0.5) is 0 Å². The molecule has 0 bridgehead atoms. The van der Waals surface area contributed by atoms with Gasteiger partial charge in [0, 0.05) is 37.9 Å². The monoisotopic (exact) mass is 223 g/mol. The molecule has 1 aromatic rings. The molecule has 1 rings (SSSR count). The molecule has 3 nitrogen and oxygen atoms in total. The van der Waals surface area contributed by atoms with E-state index in [4.69, 9.17) is 0 Å². The molecule has 0 aliphatic carbocycles. The van der Waals surface area contributed by atoms with Gasteiger partial charge in [-0.25, -0.2) is 4.98 Å². The van der Waals surface area contributed by atoms with Gasteiger partial charge in [-0.15, -0.1) is 0 Å². The summed E-state index contributed by atoms with van der Waals surface area (Å²) in [6, 6.07) is 0.582. The number of hydrogen-bond donors (Lipinski definition) is 1. The Labute approximate surface area is 99.3 Å². The van der Waals surface area contributed by atoms with Crippen LogP contribution < -0.4 is 5.32 Å². The Morgan fingerprint density at radius 2 is 2.12 bits per heavy atom. The number of hydrogen-bond acceptors (Lipinski definition) is 2. The molecule has 1 aromatic heterocycles. The minimum atomic E-state index is 0.582. The Morgan fingerprint density at radius 1 is 1.38 bits per heavy atom. The first-order valence-corrected chi connectivity index (χ1v) is 6.38. The van der Waals surface area contributed by atoms with Gasteiger partial charge >= 0.3 is 0 Å². The molecule has 1 atom stereocenters. The highest BCUT2D eigenvalue weighted by Gasteiger charge is 2.06. The first-order chi connectivity index (χ1) is 7.65. The summed E-state index contributed by atoms with van der Waals surface area (Å²) in [4.78, 5) is 4.37. The van der Waals surface area contributed by atoms with E-state index in [1.54, 1.807) is 0 Å². The minimum absolute atomic E-state index is 0.582. The first-order valence-electron chi connectivity index (χ1n) is 6.38. The number of aromatic nitrogens is 2. The van der Waals surface area contributed by atoms with Gasteiger partial charge in [0.05, 0.1) is 0 Å². The Kier molecular flexibility index (Phi) is 5.53. The third kappa shape index (κ3) is 3.97. The maximum atomic E-state index is 4.37. The van der Waals surface area contributed by atoms with Crippen molar-refractivity contribution >= 4 is 0 Å². The van der Waals surface area contributed by atoms with Gasteiger partial charge in [-0.2, -0.15) is 0 Å². The molecule has 1 unspecified atom stereocenters. The zero-order valence-corrected chi connectivity index (χ0v) is 11.0. The van der Waals surface area contributed by atoms with Crippen LogP contribution in [0.3, 0.4) is 0 Å². The standard InChI is InChI=1S/C13H25N3/c1-5-6-13-15-8-10-16(13)9-7-14-12(4)11(2)3/h8,10-12,14H,5-7,9H2,1-4H3. The lowest BCUT2D eigenvalue weighted by molar-refractivity contribution is 0.414. The van der Waals surface area contributed by atoms with Crippen LogP contribution in [0.1, 0.15) is 39.9 Å². The van der Waals surface area contributed by atoms with E-state index in [1.165, 1.54) is 5.82 Å². The molecule has 0 amide bonds. The van der Waals surface area contributed by atoms with Crippen LogP contribution in [0.5, 0.6) is 0 Å². The molecule has 0 saturated carbocycles. The van der Waals surface area contributed by atoms with Crippen molar-refractivity contribution in [2.75, 3.05) is 6.54 Å². The van der Waals surface area contributed by atoms with Crippen LogP contribution in [0.15, 0.2) is 12.4 Å². The Hall–Kier alpha value is -0.830. The smallest absolute Gasteiger partial charge is 0.108 e. The summed E-state index contributed by atoms with van der Waals surface area (Å²) in [5.41, 5.74) is 0. The number of nitrogens with zero attached hydrogens (tertiary/aromatic N) is 2. The molecular weight excluding hydrogens is 198 g/mol. The van der Waals surface area contributed by atoms with Crippen molar-refractivity contribution < 1.29 is 0 Å². The van der Waals surface area contributed by atoms with Crippen LogP contribution in [0.2, 0.25) is 0 Å². The Morgan fingerprint density at radius 3 is 2.75 bits per heavy atom. The second-order valence-electron chi connectivity index (χ2n) is 4.77. The van der Waals surface area contributed by atoms with Gasteiger partial charge in [-0.3, -0.25) is 0 Å². The molecule has 0 fully saturated rings. The van der Waals surface area contributed by atoms with Crippen LogP contribution in [-0.4, -0.2) is 22.1 Å². The lowest BCUT2D eigenvalue weighted by atomic mass is 10.1. The van der Waals surface area contributed by atoms with Crippen molar-refractivity contribution in [1.29, 1.82) is 0 Å². The quantitative estimate of drug-likeness (QED) is 0.769. The molecule has 1 N–H and O–H groups in total. The molecule has 1 heterocycles. The third-order valence-corrected chi connectivity index (χ3v) is 3.09. The zero-order chi connectivity index (χ0) is 12.0. The van der Waals surface area contributed by atoms with Gasteiger partial charge in [-0.05, 0) is 19.3 Å². The number of imidazole rings is 1. The van der Waals surface area contributed by atoms with Gasteiger partial charge in [0.1, 0.15) is 5.82 Å². The predicted molar refractivity (Wildman–Crippen MR) is 68.5 cm³/mol. The van der Waals surface area contributed by atoms with Crippen LogP contribution >= 0.6 is 0 Å². The van der Waals surface area contributed by atoms with Crippen molar-refractivity contribution in [1.82, 2.24) is 14.9 Å². The maximum absolute atomic E-state index is 4.37. The van der Waals surface area contributed by atoms with E-state index in [1.807, 2.05) is 6.20 Å². The molecule has 0 aliphatic heterocycles. The molecule has 92 valence electrons. The summed E-state index contributed by atoms with van der Waals surface area (Å²) in [5, 5.41) is 3.54. The number of aryl methyl sites for hydroxylation is 1. The van der Waals surface area contributed by atoms with E-state index in [2.05, 4.69) is 48.8 Å². The highest BCUT2D eigenvalue weighted by atomic mass is 15.1. The molecule has 0 radical (unpaired) electrons. The lowest BCUT2D eigenvalue weighted by Gasteiger charge is -2.18. The molecule has 0 aliphatic rings. The molecule has 16 heavy (non-hydrogen) atoms. The summed E-state index contributed by atoms with van der Waals surface area (Å²) in [6.45, 7) is 11.0. The van der Waals surface area contributed by atoms with Crippen molar-refractivity contribution in [3.05, 3.63) is 18.2 Å². The van der Waals surface area contributed by atoms with E-state index in [0.717, 1.165) is 25.9 Å². The largest absolute Gasteiger partial charge is 0.334 e. The lowest BCUT2D eigenvalue weighted by Crippen LogP contribution is -2.33. The third-order valence-electron chi connectivity index (χ3n) is 3.09. The minimum Gasteiger partial charge on any atom is -0.334 e. The van der Waals surface area contributed by atoms with E-state index in [0.29, 0.717) is 12.0 Å². The summed E-state index contributed by atoms with van der Waals surface area (Å²) in [7, 11) is 0. The van der Waals surface area contributed by atoms with Crippen molar-refractivity contribution in [2.45, 2.75) is 53.1 Å². The fourth-order valence-electron chi connectivity index (χ4n) is 1.64. The topological polar surface area (TPSA) is 29.9 Å². The normalized spacial score (nSPS) is 13.3. The average molecular weight is 223 g/mol. The first kappa shape index (κ1) is 13.2. The summed E-state index contributed by atoms with van der Waals surface area (Å²) >= 11 is 0. The SMILES string of the molecule is CCCc1nccn1CCNC(C)C(C)C. The highest BCUT2D eigenvalue weighted by Crippen LogP contribution is 2.02. The van der Waals surface area contributed by atoms with Crippen LogP contribution in [-0.2, 0) is 13.0 Å². The summed E-state index contributed by atoms with van der Waals surface area (Å²) < 4.78 is 2.25. The molecule has 0 saturated heterocycles. The van der Waals surface area contributed by atoms with E-state index in [-0.39, 0.29) is 0 Å². The number of nitrogens with one attached hydrogen (secondary N) is 1. The van der Waals surface area contributed by atoms with E-state index >= 15 is 0 Å². The fraction of sp³-hybridized carbons (Fsp3) is 0.769. The molecule has 3 heteroatoms. The maximum Gasteiger partial charge on any atom is 0.108 e. The number of rotatable bonds is 7. The molecular formula is C13H25N3. The van der Waals surface area contributed by atoms with Crippen LogP contribution in [0.25, 0.3) is 0 Å². The zero-order valence-electron chi connectivity index (χ0n) is 11.0. The van der Waals surface area contributed by atoms with Gasteiger partial charge in [0.15, 0.2) is 0 Å². The second-order valence-corrected chi connectivity index (χ2v) is 4.77. The molecule has 0 aromatic carbocycles. The summed E-state index contributed by atoms with van der Waals surface area (Å²) in [5.74, 6) is 1.90. The van der Waals surface area contributed by atoms with E-state index < -0.39 is 0 Å². The molecule has 0 spiro atoms. The van der Waals surface area contributed by atoms with Crippen LogP contribution in [0, 0.1) is 5.92 Å². The second kappa shape index (κ2) is 6.69. The van der Waals surface area contributed by atoms with Crippen molar-refractivity contribution in [3.63, 3.8) is 0 Å². The Balaban J connectivity index is 2.34. The van der Waals surface area contributed by atoms with Gasteiger partial charge in [0.2, 0.25) is 0 Å². The average Bonchev–Trinajstić information content (AvgIpc) is 2.66. The van der Waals surface area contributed by atoms with Gasteiger partial charge < -0.3 is 9.88 Å². The fourth-order valence-corrected chi connectivity index (χ4v) is 1.64. The van der Waals surface area contributed by atoms with E-state index in [9.17, 15) is 0 Å². The Bertz CT molecular complexity index is 291. The predicted octanol–water partition coefficient (Wildman–Crippen LogP) is 2.47. The summed E-state index contributed by atoms with van der Waals surface area (Å²) in [6.07, 6.45) is 6.21. The van der Waals surface area contributed by atoms with Crippen molar-refractivity contribution in [3.8, 4) is 0 Å². The highest BCUT2D eigenvalue weighted by molar-refractivity contribution is 4.92. The van der Waals surface area contributed by atoms with Gasteiger partial charge in [-0.1, -0.05) is 20.8 Å².